The van der Waals surface area contributed by atoms with Gasteiger partial charge in [0, 0.05) is 38.9 Å². The van der Waals surface area contributed by atoms with Gasteiger partial charge in [0.2, 0.25) is 0 Å². The summed E-state index contributed by atoms with van der Waals surface area (Å²) in [5, 5.41) is 4.82. The van der Waals surface area contributed by atoms with E-state index in [0.717, 1.165) is 78.8 Å². The molecular weight excluding hydrogens is 887 g/mol. The Labute approximate surface area is 423 Å². The minimum absolute atomic E-state index is 0.653. The van der Waals surface area contributed by atoms with Gasteiger partial charge in [-0.25, -0.2) is 0 Å². The zero-order valence-corrected chi connectivity index (χ0v) is 39.6. The molecule has 2 heterocycles. The fourth-order valence-electron chi connectivity index (χ4n) is 13.6. The first-order valence-electron chi connectivity index (χ1n) is 25.2. The van der Waals surface area contributed by atoms with Gasteiger partial charge >= 0.3 is 0 Å². The highest BCUT2D eigenvalue weighted by atomic mass is 16.5. The molecule has 12 aromatic rings. The molecule has 0 aromatic heterocycles. The fourth-order valence-corrected chi connectivity index (χ4v) is 13.6. The molecular formula is C70H43NO2. The van der Waals surface area contributed by atoms with Gasteiger partial charge in [0.05, 0.1) is 22.2 Å². The molecule has 0 bridgehead atoms. The van der Waals surface area contributed by atoms with Gasteiger partial charge in [-0.05, 0) is 115 Å². The summed E-state index contributed by atoms with van der Waals surface area (Å²) >= 11 is 0. The number of anilines is 3. The minimum Gasteiger partial charge on any atom is -0.457 e. The lowest BCUT2D eigenvalue weighted by molar-refractivity contribution is 0.436. The topological polar surface area (TPSA) is 21.7 Å². The van der Waals surface area contributed by atoms with Crippen molar-refractivity contribution in [2.45, 2.75) is 10.8 Å². The number of hydrogen-bond donors (Lipinski definition) is 0. The van der Waals surface area contributed by atoms with Crippen LogP contribution < -0.4 is 14.4 Å². The predicted octanol–water partition coefficient (Wildman–Crippen LogP) is 18.1. The molecule has 0 radical (unpaired) electrons. The molecule has 0 saturated carbocycles. The minimum atomic E-state index is -0.720. The quantitative estimate of drug-likeness (QED) is 0.176. The van der Waals surface area contributed by atoms with Crippen LogP contribution in [0.3, 0.4) is 0 Å². The molecule has 0 amide bonds. The van der Waals surface area contributed by atoms with Crippen molar-refractivity contribution >= 4 is 38.6 Å². The summed E-state index contributed by atoms with van der Waals surface area (Å²) in [5.41, 5.74) is 18.7. The van der Waals surface area contributed by atoms with Crippen LogP contribution in [0.25, 0.3) is 54.9 Å². The van der Waals surface area contributed by atoms with Crippen molar-refractivity contribution in [2.24, 2.45) is 0 Å². The Hall–Kier alpha value is -9.44. The van der Waals surface area contributed by atoms with Crippen LogP contribution in [0.5, 0.6) is 23.0 Å². The van der Waals surface area contributed by atoms with Crippen LogP contribution in [-0.4, -0.2) is 0 Å². The zero-order chi connectivity index (χ0) is 47.8. The van der Waals surface area contributed by atoms with E-state index in [2.05, 4.69) is 266 Å². The highest BCUT2D eigenvalue weighted by molar-refractivity contribution is 6.16. The average molecular weight is 930 g/mol. The molecule has 16 rings (SSSR count). The van der Waals surface area contributed by atoms with E-state index in [1.165, 1.54) is 60.7 Å². The summed E-state index contributed by atoms with van der Waals surface area (Å²) in [6, 6.07) is 95.9. The molecule has 0 atom stereocenters. The third-order valence-corrected chi connectivity index (χ3v) is 16.4. The number of rotatable bonds is 4. The van der Waals surface area contributed by atoms with Crippen molar-refractivity contribution in [1.29, 1.82) is 0 Å². The van der Waals surface area contributed by atoms with Gasteiger partial charge in [-0.2, -0.15) is 0 Å². The molecule has 0 saturated heterocycles. The van der Waals surface area contributed by atoms with Gasteiger partial charge in [0.1, 0.15) is 23.0 Å². The molecule has 2 aliphatic heterocycles. The van der Waals surface area contributed by atoms with Gasteiger partial charge in [-0.1, -0.05) is 212 Å². The SMILES string of the molecule is c1ccc(-c2ccccc2N(c2ccc3c(c2)C2(c4ccccc4Oc4ccccc42)c2ccccc2-3)c2cc3c(c4ccccc24)-c2c(ccc4ccccc24)C32c3ccccc3Oc3ccccc32)cc1. The van der Waals surface area contributed by atoms with E-state index in [1.54, 1.807) is 0 Å². The number of benzene rings is 12. The molecule has 2 aliphatic carbocycles. The highest BCUT2D eigenvalue weighted by Crippen LogP contribution is 2.67. The van der Waals surface area contributed by atoms with E-state index in [1.807, 2.05) is 0 Å². The summed E-state index contributed by atoms with van der Waals surface area (Å²) in [5.74, 6) is 3.49. The Bertz CT molecular complexity index is 4210. The normalized spacial score (nSPS) is 14.2. The Kier molecular flexibility index (Phi) is 8.30. The number of ether oxygens (including phenoxy) is 2. The first-order valence-corrected chi connectivity index (χ1v) is 25.2. The monoisotopic (exact) mass is 929 g/mol. The number of nitrogens with zero attached hydrogens (tertiary/aromatic N) is 1. The van der Waals surface area contributed by atoms with Crippen molar-refractivity contribution in [1.82, 2.24) is 0 Å². The second-order valence-corrected chi connectivity index (χ2v) is 19.8. The maximum Gasteiger partial charge on any atom is 0.132 e. The Morgan fingerprint density at radius 3 is 1.41 bits per heavy atom. The van der Waals surface area contributed by atoms with Gasteiger partial charge in [-0.3, -0.25) is 0 Å². The van der Waals surface area contributed by atoms with Gasteiger partial charge in [-0.15, -0.1) is 0 Å². The van der Waals surface area contributed by atoms with Crippen LogP contribution in [0.4, 0.5) is 17.1 Å². The molecule has 0 unspecified atom stereocenters. The Morgan fingerprint density at radius 1 is 0.274 bits per heavy atom. The Balaban J connectivity index is 1.06. The van der Waals surface area contributed by atoms with E-state index in [0.29, 0.717) is 0 Å². The lowest BCUT2D eigenvalue weighted by Gasteiger charge is -2.40. The van der Waals surface area contributed by atoms with Crippen molar-refractivity contribution in [3.05, 3.63) is 305 Å². The molecule has 4 aliphatic rings. The number of hydrogen-bond acceptors (Lipinski definition) is 3. The zero-order valence-electron chi connectivity index (χ0n) is 39.6. The summed E-state index contributed by atoms with van der Waals surface area (Å²) in [6.07, 6.45) is 0. The molecule has 3 nitrogen and oxygen atoms in total. The molecule has 0 fully saturated rings. The van der Waals surface area contributed by atoms with Crippen LogP contribution in [-0.2, 0) is 10.8 Å². The van der Waals surface area contributed by atoms with Crippen LogP contribution >= 0.6 is 0 Å². The van der Waals surface area contributed by atoms with E-state index >= 15 is 0 Å². The summed E-state index contributed by atoms with van der Waals surface area (Å²) in [4.78, 5) is 2.56. The van der Waals surface area contributed by atoms with Crippen LogP contribution in [0.15, 0.2) is 261 Å². The smallest absolute Gasteiger partial charge is 0.132 e. The lowest BCUT2D eigenvalue weighted by Crippen LogP contribution is -2.32. The van der Waals surface area contributed by atoms with Crippen molar-refractivity contribution in [2.75, 3.05) is 4.90 Å². The maximum absolute atomic E-state index is 6.90. The second-order valence-electron chi connectivity index (χ2n) is 19.8. The largest absolute Gasteiger partial charge is 0.457 e. The first-order chi connectivity index (χ1) is 36.2. The first kappa shape index (κ1) is 40.3. The summed E-state index contributed by atoms with van der Waals surface area (Å²) in [6.45, 7) is 0. The molecule has 2 spiro atoms. The number of fused-ring (bicyclic) bond motifs is 22. The average Bonchev–Trinajstić information content (AvgIpc) is 3.93. The van der Waals surface area contributed by atoms with E-state index in [-0.39, 0.29) is 0 Å². The van der Waals surface area contributed by atoms with Crippen LogP contribution in [0.2, 0.25) is 0 Å². The van der Waals surface area contributed by atoms with Crippen LogP contribution in [0, 0.1) is 0 Å². The van der Waals surface area contributed by atoms with E-state index in [4.69, 9.17) is 9.47 Å². The lowest BCUT2D eigenvalue weighted by atomic mass is 9.65. The molecule has 3 heteroatoms. The third kappa shape index (κ3) is 5.27. The van der Waals surface area contributed by atoms with Crippen molar-refractivity contribution in [3.63, 3.8) is 0 Å². The van der Waals surface area contributed by atoms with Gasteiger partial charge in [0.25, 0.3) is 0 Å². The fraction of sp³-hybridized carbons (Fsp3) is 0.0286. The predicted molar refractivity (Wildman–Crippen MR) is 296 cm³/mol. The standard InChI is InChI=1S/C70H43NO2/c1-2-20-44(21-3-1)47-23-9-15-33-61(47)71(46-39-40-50-49-25-8-10-28-53(49)69(59(50)42-46)54-29-11-16-34-63(54)72-64-35-17-12-30-55(64)69)62-43-60-68(52-27-7-6-26-51(52)62)67-48-24-5-4-22-45(48)38-41-58(67)70(60)56-31-13-18-36-65(56)73-66-37-19-14-32-57(66)70/h1-43H. The molecule has 340 valence electrons. The summed E-state index contributed by atoms with van der Waals surface area (Å²) < 4.78 is 13.7. The van der Waals surface area contributed by atoms with E-state index < -0.39 is 10.8 Å². The highest BCUT2D eigenvalue weighted by Gasteiger charge is 2.54. The molecule has 0 N–H and O–H groups in total. The second kappa shape index (κ2) is 15.0. The van der Waals surface area contributed by atoms with Crippen molar-refractivity contribution < 1.29 is 9.47 Å². The van der Waals surface area contributed by atoms with Crippen LogP contribution in [0.1, 0.15) is 44.5 Å². The Morgan fingerprint density at radius 2 is 0.753 bits per heavy atom. The van der Waals surface area contributed by atoms with Gasteiger partial charge < -0.3 is 14.4 Å². The maximum atomic E-state index is 6.90. The van der Waals surface area contributed by atoms with Crippen molar-refractivity contribution in [3.8, 4) is 56.4 Å². The van der Waals surface area contributed by atoms with Gasteiger partial charge in [0.15, 0.2) is 0 Å². The van der Waals surface area contributed by atoms with E-state index in [9.17, 15) is 0 Å². The third-order valence-electron chi connectivity index (χ3n) is 16.4. The number of para-hydroxylation sites is 5. The molecule has 12 aromatic carbocycles. The summed E-state index contributed by atoms with van der Waals surface area (Å²) in [7, 11) is 0. The molecule has 73 heavy (non-hydrogen) atoms.